The van der Waals surface area contributed by atoms with E-state index in [0.717, 1.165) is 31.1 Å². The van der Waals surface area contributed by atoms with Crippen LogP contribution in [-0.4, -0.2) is 36.4 Å². The van der Waals surface area contributed by atoms with E-state index in [1.54, 1.807) is 24.3 Å². The number of benzene rings is 1. The molecule has 0 spiro atoms. The molecule has 1 unspecified atom stereocenters. The molecule has 1 aliphatic rings. The molecule has 21 heavy (non-hydrogen) atoms. The summed E-state index contributed by atoms with van der Waals surface area (Å²) in [5.74, 6) is -0.995. The average molecular weight is 290 g/mol. The molecule has 1 aliphatic heterocycles. The number of carboxylic acids is 1. The van der Waals surface area contributed by atoms with Crippen LogP contribution in [0.4, 0.5) is 10.5 Å². The quantitative estimate of drug-likeness (QED) is 0.725. The van der Waals surface area contributed by atoms with E-state index in [1.165, 1.54) is 6.08 Å². The fraction of sp³-hybridized carbons (Fsp3) is 0.333. The zero-order valence-corrected chi connectivity index (χ0v) is 11.5. The first-order valence-corrected chi connectivity index (χ1v) is 6.81. The number of aliphatic carboxylic acids is 1. The SMILES string of the molecule is O=C(O)C=Cc1ccc(NC(=O)NCC2CCCO2)cc1. The van der Waals surface area contributed by atoms with Gasteiger partial charge >= 0.3 is 12.0 Å². The van der Waals surface area contributed by atoms with Gasteiger partial charge < -0.3 is 20.5 Å². The van der Waals surface area contributed by atoms with Crippen LogP contribution in [0.3, 0.4) is 0 Å². The zero-order chi connectivity index (χ0) is 15.1. The third-order valence-corrected chi connectivity index (χ3v) is 3.10. The Morgan fingerprint density at radius 1 is 1.33 bits per heavy atom. The number of rotatable bonds is 5. The van der Waals surface area contributed by atoms with Crippen LogP contribution in [-0.2, 0) is 9.53 Å². The molecule has 1 aromatic rings. The molecule has 1 aromatic carbocycles. The lowest BCUT2D eigenvalue weighted by Gasteiger charge is -2.11. The Labute approximate surface area is 122 Å². The molecule has 0 saturated carbocycles. The molecule has 0 aromatic heterocycles. The minimum Gasteiger partial charge on any atom is -0.478 e. The van der Waals surface area contributed by atoms with Gasteiger partial charge in [-0.1, -0.05) is 12.1 Å². The molecule has 1 fully saturated rings. The van der Waals surface area contributed by atoms with Gasteiger partial charge in [-0.2, -0.15) is 0 Å². The Bertz CT molecular complexity index is 519. The number of nitrogens with one attached hydrogen (secondary N) is 2. The summed E-state index contributed by atoms with van der Waals surface area (Å²) >= 11 is 0. The van der Waals surface area contributed by atoms with Gasteiger partial charge in [-0.25, -0.2) is 9.59 Å². The molecule has 0 aliphatic carbocycles. The predicted molar refractivity (Wildman–Crippen MR) is 79.1 cm³/mol. The van der Waals surface area contributed by atoms with E-state index in [1.807, 2.05) is 0 Å². The summed E-state index contributed by atoms with van der Waals surface area (Å²) < 4.78 is 5.42. The molecular formula is C15H18N2O4. The van der Waals surface area contributed by atoms with Gasteiger partial charge in [0.05, 0.1) is 6.10 Å². The predicted octanol–water partition coefficient (Wildman–Crippen LogP) is 2.08. The molecule has 6 heteroatoms. The molecule has 1 atom stereocenters. The summed E-state index contributed by atoms with van der Waals surface area (Å²) in [6, 6.07) is 6.62. The van der Waals surface area contributed by atoms with Crippen molar-refractivity contribution in [1.29, 1.82) is 0 Å². The number of carbonyl (C=O) groups is 2. The van der Waals surface area contributed by atoms with Crippen LogP contribution >= 0.6 is 0 Å². The largest absolute Gasteiger partial charge is 0.478 e. The fourth-order valence-electron chi connectivity index (χ4n) is 2.03. The van der Waals surface area contributed by atoms with E-state index in [2.05, 4.69) is 10.6 Å². The first-order valence-electron chi connectivity index (χ1n) is 6.81. The van der Waals surface area contributed by atoms with E-state index in [0.29, 0.717) is 12.2 Å². The second-order valence-electron chi connectivity index (χ2n) is 4.76. The lowest BCUT2D eigenvalue weighted by molar-refractivity contribution is -0.131. The van der Waals surface area contributed by atoms with E-state index in [9.17, 15) is 9.59 Å². The van der Waals surface area contributed by atoms with Crippen molar-refractivity contribution in [2.45, 2.75) is 18.9 Å². The van der Waals surface area contributed by atoms with Crippen molar-refractivity contribution in [2.75, 3.05) is 18.5 Å². The minimum atomic E-state index is -0.995. The Hall–Kier alpha value is -2.34. The molecule has 1 heterocycles. The highest BCUT2D eigenvalue weighted by molar-refractivity contribution is 5.89. The van der Waals surface area contributed by atoms with Crippen molar-refractivity contribution in [2.24, 2.45) is 0 Å². The van der Waals surface area contributed by atoms with Gasteiger partial charge in [-0.15, -0.1) is 0 Å². The maximum Gasteiger partial charge on any atom is 0.328 e. The normalized spacial score (nSPS) is 17.8. The molecule has 0 bridgehead atoms. The summed E-state index contributed by atoms with van der Waals surface area (Å²) in [5, 5.41) is 14.0. The highest BCUT2D eigenvalue weighted by Gasteiger charge is 2.15. The Balaban J connectivity index is 1.79. The van der Waals surface area contributed by atoms with Crippen LogP contribution in [0.15, 0.2) is 30.3 Å². The maximum absolute atomic E-state index is 11.7. The molecular weight excluding hydrogens is 272 g/mol. The zero-order valence-electron chi connectivity index (χ0n) is 11.5. The van der Waals surface area contributed by atoms with Crippen molar-refractivity contribution in [3.8, 4) is 0 Å². The number of anilines is 1. The maximum atomic E-state index is 11.7. The standard InChI is InChI=1S/C15H18N2O4/c18-14(19)8-5-11-3-6-12(7-4-11)17-15(20)16-10-13-2-1-9-21-13/h3-8,13H,1-2,9-10H2,(H,18,19)(H2,16,17,20). The molecule has 2 rings (SSSR count). The molecule has 6 nitrogen and oxygen atoms in total. The van der Waals surface area contributed by atoms with Crippen LogP contribution in [0.25, 0.3) is 6.08 Å². The smallest absolute Gasteiger partial charge is 0.328 e. The number of amides is 2. The van der Waals surface area contributed by atoms with Crippen LogP contribution in [0.1, 0.15) is 18.4 Å². The Morgan fingerprint density at radius 3 is 2.71 bits per heavy atom. The third-order valence-electron chi connectivity index (χ3n) is 3.10. The number of urea groups is 1. The fourth-order valence-corrected chi connectivity index (χ4v) is 2.03. The second kappa shape index (κ2) is 7.44. The average Bonchev–Trinajstić information content (AvgIpc) is 2.98. The monoisotopic (exact) mass is 290 g/mol. The Morgan fingerprint density at radius 2 is 2.10 bits per heavy atom. The highest BCUT2D eigenvalue weighted by Crippen LogP contribution is 2.12. The summed E-state index contributed by atoms with van der Waals surface area (Å²) in [6.07, 6.45) is 4.68. The van der Waals surface area contributed by atoms with Crippen LogP contribution < -0.4 is 10.6 Å². The van der Waals surface area contributed by atoms with Crippen LogP contribution in [0.2, 0.25) is 0 Å². The van der Waals surface area contributed by atoms with E-state index in [4.69, 9.17) is 9.84 Å². The van der Waals surface area contributed by atoms with Crippen molar-refractivity contribution < 1.29 is 19.4 Å². The summed E-state index contributed by atoms with van der Waals surface area (Å²) in [5.41, 5.74) is 1.40. The number of hydrogen-bond acceptors (Lipinski definition) is 3. The third kappa shape index (κ3) is 5.27. The van der Waals surface area contributed by atoms with E-state index in [-0.39, 0.29) is 12.1 Å². The number of hydrogen-bond donors (Lipinski definition) is 3. The van der Waals surface area contributed by atoms with Gasteiger partial charge in [-0.05, 0) is 36.6 Å². The molecule has 3 N–H and O–H groups in total. The lowest BCUT2D eigenvalue weighted by Crippen LogP contribution is -2.34. The van der Waals surface area contributed by atoms with Gasteiger partial charge in [0.1, 0.15) is 0 Å². The van der Waals surface area contributed by atoms with Crippen LogP contribution in [0, 0.1) is 0 Å². The van der Waals surface area contributed by atoms with Crippen molar-refractivity contribution >= 4 is 23.8 Å². The van der Waals surface area contributed by atoms with Crippen LogP contribution in [0.5, 0.6) is 0 Å². The van der Waals surface area contributed by atoms with Gasteiger partial charge in [0.2, 0.25) is 0 Å². The molecule has 0 radical (unpaired) electrons. The van der Waals surface area contributed by atoms with Gasteiger partial charge in [0.15, 0.2) is 0 Å². The van der Waals surface area contributed by atoms with Gasteiger partial charge in [-0.3, -0.25) is 0 Å². The van der Waals surface area contributed by atoms with Gasteiger partial charge in [0, 0.05) is 24.9 Å². The van der Waals surface area contributed by atoms with E-state index >= 15 is 0 Å². The molecule has 1 saturated heterocycles. The Kier molecular flexibility index (Phi) is 5.34. The second-order valence-corrected chi connectivity index (χ2v) is 4.76. The highest BCUT2D eigenvalue weighted by atomic mass is 16.5. The summed E-state index contributed by atoms with van der Waals surface area (Å²) in [6.45, 7) is 1.27. The van der Waals surface area contributed by atoms with Gasteiger partial charge in [0.25, 0.3) is 0 Å². The minimum absolute atomic E-state index is 0.110. The number of carboxylic acid groups (broad SMARTS) is 1. The molecule has 112 valence electrons. The topological polar surface area (TPSA) is 87.7 Å². The van der Waals surface area contributed by atoms with E-state index < -0.39 is 5.97 Å². The number of carbonyl (C=O) groups excluding carboxylic acids is 1. The first kappa shape index (κ1) is 15.1. The van der Waals surface area contributed by atoms with Crippen molar-refractivity contribution in [3.05, 3.63) is 35.9 Å². The first-order chi connectivity index (χ1) is 10.1. The lowest BCUT2D eigenvalue weighted by atomic mass is 10.2. The van der Waals surface area contributed by atoms with Crippen molar-refractivity contribution in [3.63, 3.8) is 0 Å². The molecule has 2 amide bonds. The summed E-state index contributed by atoms with van der Waals surface area (Å²) in [4.78, 5) is 22.1. The van der Waals surface area contributed by atoms with Crippen molar-refractivity contribution in [1.82, 2.24) is 5.32 Å². The number of ether oxygens (including phenoxy) is 1. The summed E-state index contributed by atoms with van der Waals surface area (Å²) in [7, 11) is 0.